The zero-order valence-corrected chi connectivity index (χ0v) is 10.2. The number of nitrogens with one attached hydrogen (secondary N) is 1. The average Bonchev–Trinajstić information content (AvgIpc) is 3.01. The summed E-state index contributed by atoms with van der Waals surface area (Å²) in [6.45, 7) is 0. The number of benzene rings is 2. The van der Waals surface area contributed by atoms with E-state index in [0.717, 1.165) is 10.8 Å². The van der Waals surface area contributed by atoms with Crippen molar-refractivity contribution in [1.29, 1.82) is 0 Å². The summed E-state index contributed by atoms with van der Waals surface area (Å²) in [5.41, 5.74) is 0.674. The molecule has 1 N–H and O–H groups in total. The minimum Gasteiger partial charge on any atom is -0.463 e. The lowest BCUT2D eigenvalue weighted by molar-refractivity contribution is 0.604. The molecule has 6 heteroatoms. The zero-order chi connectivity index (χ0) is 13.5. The van der Waals surface area contributed by atoms with Crippen LogP contribution in [0.1, 0.15) is 0 Å². The van der Waals surface area contributed by atoms with Gasteiger partial charge in [-0.15, -0.1) is 10.2 Å². The summed E-state index contributed by atoms with van der Waals surface area (Å²) in [4.78, 5) is 12.7. The van der Waals surface area contributed by atoms with E-state index in [1.807, 2.05) is 30.3 Å². The first-order valence-corrected chi connectivity index (χ1v) is 6.02. The summed E-state index contributed by atoms with van der Waals surface area (Å²) in [6, 6.07) is 11.4. The van der Waals surface area contributed by atoms with Gasteiger partial charge in [0.2, 0.25) is 11.3 Å². The van der Waals surface area contributed by atoms with Gasteiger partial charge >= 0.3 is 0 Å². The fraction of sp³-hybridized carbons (Fsp3) is 0. The smallest absolute Gasteiger partial charge is 0.211 e. The van der Waals surface area contributed by atoms with Crippen LogP contribution >= 0.6 is 0 Å². The minimum absolute atomic E-state index is 0.163. The fourth-order valence-corrected chi connectivity index (χ4v) is 2.32. The quantitative estimate of drug-likeness (QED) is 0.532. The molecule has 0 saturated heterocycles. The van der Waals surface area contributed by atoms with Gasteiger partial charge in [-0.3, -0.25) is 4.79 Å². The van der Waals surface area contributed by atoms with E-state index in [-0.39, 0.29) is 11.3 Å². The summed E-state index contributed by atoms with van der Waals surface area (Å²) in [6.07, 6.45) is 1.37. The molecule has 2 aromatic carbocycles. The maximum Gasteiger partial charge on any atom is 0.211 e. The summed E-state index contributed by atoms with van der Waals surface area (Å²) in [5, 5.41) is 15.8. The van der Waals surface area contributed by atoms with Crippen LogP contribution in [0.4, 0.5) is 0 Å². The predicted octanol–water partition coefficient (Wildman–Crippen LogP) is 2.13. The number of hydrogen-bond donors (Lipinski definition) is 1. The lowest BCUT2D eigenvalue weighted by atomic mass is 10.0. The summed E-state index contributed by atoms with van der Waals surface area (Å²) in [5.74, 6) is 0.230. The van der Waals surface area contributed by atoms with Crippen molar-refractivity contribution in [3.05, 3.63) is 52.9 Å². The van der Waals surface area contributed by atoms with Gasteiger partial charge < -0.3 is 4.42 Å². The molecule has 0 atom stereocenters. The predicted molar refractivity (Wildman–Crippen MR) is 73.2 cm³/mol. The van der Waals surface area contributed by atoms with Gasteiger partial charge in [0.1, 0.15) is 17.4 Å². The van der Waals surface area contributed by atoms with Crippen LogP contribution in [0.15, 0.2) is 51.9 Å². The van der Waals surface area contributed by atoms with Crippen molar-refractivity contribution in [2.45, 2.75) is 0 Å². The van der Waals surface area contributed by atoms with Gasteiger partial charge in [-0.1, -0.05) is 30.3 Å². The van der Waals surface area contributed by atoms with Gasteiger partial charge in [-0.25, -0.2) is 0 Å². The van der Waals surface area contributed by atoms with Crippen LogP contribution in [-0.4, -0.2) is 20.6 Å². The summed E-state index contributed by atoms with van der Waals surface area (Å²) < 4.78 is 5.53. The number of hydrogen-bond acceptors (Lipinski definition) is 5. The third-order valence-electron chi connectivity index (χ3n) is 3.25. The second kappa shape index (κ2) is 3.99. The largest absolute Gasteiger partial charge is 0.463 e. The van der Waals surface area contributed by atoms with E-state index in [0.29, 0.717) is 16.5 Å². The molecule has 0 saturated carbocycles. The first kappa shape index (κ1) is 10.9. The van der Waals surface area contributed by atoms with Crippen LogP contribution in [0.5, 0.6) is 0 Å². The molecule has 0 amide bonds. The molecule has 0 fully saturated rings. The fourth-order valence-electron chi connectivity index (χ4n) is 2.32. The van der Waals surface area contributed by atoms with Gasteiger partial charge in [-0.2, -0.15) is 5.21 Å². The first-order chi connectivity index (χ1) is 9.84. The molecule has 0 aliphatic carbocycles. The summed E-state index contributed by atoms with van der Waals surface area (Å²) >= 11 is 0. The Balaban J connectivity index is 2.19. The van der Waals surface area contributed by atoms with E-state index in [1.54, 1.807) is 6.07 Å². The third-order valence-corrected chi connectivity index (χ3v) is 3.25. The van der Waals surface area contributed by atoms with E-state index < -0.39 is 0 Å². The Hall–Kier alpha value is -3.02. The SMILES string of the molecule is O=c1c(-c2nn[nH]n2)coc2ccc3ccccc3c12. The van der Waals surface area contributed by atoms with Gasteiger partial charge in [0.25, 0.3) is 0 Å². The Bertz CT molecular complexity index is 973. The number of nitrogens with zero attached hydrogens (tertiary/aromatic N) is 3. The van der Waals surface area contributed by atoms with E-state index >= 15 is 0 Å². The van der Waals surface area contributed by atoms with Crippen molar-refractivity contribution in [1.82, 2.24) is 20.6 Å². The van der Waals surface area contributed by atoms with E-state index in [1.165, 1.54) is 6.26 Å². The number of aromatic nitrogens is 4. The third kappa shape index (κ3) is 1.45. The molecule has 0 spiro atoms. The van der Waals surface area contributed by atoms with E-state index in [9.17, 15) is 4.79 Å². The number of aromatic amines is 1. The molecule has 0 bridgehead atoms. The van der Waals surface area contributed by atoms with Crippen molar-refractivity contribution < 1.29 is 4.42 Å². The maximum atomic E-state index is 12.7. The van der Waals surface area contributed by atoms with Gasteiger partial charge in [0.05, 0.1) is 5.39 Å². The normalized spacial score (nSPS) is 11.2. The van der Waals surface area contributed by atoms with Gasteiger partial charge in [-0.05, 0) is 22.1 Å². The molecule has 0 radical (unpaired) electrons. The van der Waals surface area contributed by atoms with Crippen molar-refractivity contribution in [3.63, 3.8) is 0 Å². The number of tetrazole rings is 1. The highest BCUT2D eigenvalue weighted by Gasteiger charge is 2.14. The highest BCUT2D eigenvalue weighted by atomic mass is 16.3. The van der Waals surface area contributed by atoms with Crippen molar-refractivity contribution in [2.75, 3.05) is 0 Å². The number of rotatable bonds is 1. The molecule has 0 aliphatic heterocycles. The van der Waals surface area contributed by atoms with Crippen molar-refractivity contribution >= 4 is 21.7 Å². The highest BCUT2D eigenvalue weighted by molar-refractivity contribution is 6.06. The summed E-state index contributed by atoms with van der Waals surface area (Å²) in [7, 11) is 0. The van der Waals surface area contributed by atoms with Crippen LogP contribution < -0.4 is 5.43 Å². The molecular formula is C14H8N4O2. The second-order valence-corrected chi connectivity index (χ2v) is 4.37. The molecular weight excluding hydrogens is 256 g/mol. The monoisotopic (exact) mass is 264 g/mol. The van der Waals surface area contributed by atoms with Gasteiger partial charge in [0, 0.05) is 0 Å². The highest BCUT2D eigenvalue weighted by Crippen LogP contribution is 2.24. The number of H-pyrrole nitrogens is 1. The average molecular weight is 264 g/mol. The molecule has 0 aliphatic rings. The Morgan fingerprint density at radius 3 is 2.85 bits per heavy atom. The van der Waals surface area contributed by atoms with Crippen molar-refractivity contribution in [3.8, 4) is 11.4 Å². The number of fused-ring (bicyclic) bond motifs is 3. The topological polar surface area (TPSA) is 84.7 Å². The van der Waals surface area contributed by atoms with Crippen LogP contribution in [0.25, 0.3) is 33.1 Å². The Labute approximate surface area is 112 Å². The Morgan fingerprint density at radius 2 is 2.00 bits per heavy atom. The molecule has 4 rings (SSSR count). The minimum atomic E-state index is -0.163. The lowest BCUT2D eigenvalue weighted by Gasteiger charge is -2.03. The second-order valence-electron chi connectivity index (χ2n) is 4.37. The molecule has 4 aromatic rings. The van der Waals surface area contributed by atoms with Crippen LogP contribution in [0.3, 0.4) is 0 Å². The lowest BCUT2D eigenvalue weighted by Crippen LogP contribution is -2.06. The molecule has 0 unspecified atom stereocenters. The molecule has 6 nitrogen and oxygen atoms in total. The van der Waals surface area contributed by atoms with Gasteiger partial charge in [0.15, 0.2) is 0 Å². The first-order valence-electron chi connectivity index (χ1n) is 6.02. The van der Waals surface area contributed by atoms with E-state index in [4.69, 9.17) is 4.42 Å². The zero-order valence-electron chi connectivity index (χ0n) is 10.2. The van der Waals surface area contributed by atoms with Crippen LogP contribution in [-0.2, 0) is 0 Å². The van der Waals surface area contributed by atoms with Crippen LogP contribution in [0, 0.1) is 0 Å². The standard InChI is InChI=1S/C14H8N4O2/c19-13-10(14-15-17-18-16-14)7-20-11-6-5-8-3-1-2-4-9(8)12(11)13/h1-7H,(H,15,16,17,18). The van der Waals surface area contributed by atoms with E-state index in [2.05, 4.69) is 20.6 Å². The molecule has 96 valence electrons. The Kier molecular flexibility index (Phi) is 2.17. The van der Waals surface area contributed by atoms with Crippen molar-refractivity contribution in [2.24, 2.45) is 0 Å². The molecule has 2 heterocycles. The maximum absolute atomic E-state index is 12.7. The Morgan fingerprint density at radius 1 is 1.10 bits per heavy atom. The van der Waals surface area contributed by atoms with Crippen LogP contribution in [0.2, 0.25) is 0 Å². The molecule has 20 heavy (non-hydrogen) atoms. The molecule has 2 aromatic heterocycles.